The summed E-state index contributed by atoms with van der Waals surface area (Å²) in [4.78, 5) is 30.8. The molecular formula is C27H43N3O2. The van der Waals surface area contributed by atoms with Crippen LogP contribution >= 0.6 is 0 Å². The average molecular weight is 442 g/mol. The second kappa shape index (κ2) is 12.4. The van der Waals surface area contributed by atoms with Crippen molar-refractivity contribution >= 4 is 11.8 Å². The number of piperazine rings is 1. The first-order valence-electron chi connectivity index (χ1n) is 13.0. The van der Waals surface area contributed by atoms with Crippen molar-refractivity contribution in [2.45, 2.75) is 96.1 Å². The molecule has 1 N–H and O–H groups in total. The molecule has 5 nitrogen and oxygen atoms in total. The van der Waals surface area contributed by atoms with Crippen LogP contribution in [0.1, 0.15) is 83.6 Å². The van der Waals surface area contributed by atoms with Crippen LogP contribution in [0.25, 0.3) is 0 Å². The highest BCUT2D eigenvalue weighted by Gasteiger charge is 2.52. The zero-order valence-electron chi connectivity index (χ0n) is 20.3. The number of amides is 2. The molecule has 3 rings (SSSR count). The first-order valence-corrected chi connectivity index (χ1v) is 13.0. The van der Waals surface area contributed by atoms with Crippen molar-refractivity contribution in [1.29, 1.82) is 0 Å². The van der Waals surface area contributed by atoms with Gasteiger partial charge in [0.1, 0.15) is 11.6 Å². The van der Waals surface area contributed by atoms with Crippen LogP contribution in [0.4, 0.5) is 0 Å². The van der Waals surface area contributed by atoms with Crippen molar-refractivity contribution in [3.8, 4) is 0 Å². The molecule has 0 saturated carbocycles. The van der Waals surface area contributed by atoms with E-state index in [2.05, 4.69) is 54.4 Å². The molecule has 0 aliphatic carbocycles. The summed E-state index contributed by atoms with van der Waals surface area (Å²) in [5.74, 6) is 0.235. The second-order valence-electron chi connectivity index (χ2n) is 9.68. The van der Waals surface area contributed by atoms with Gasteiger partial charge in [0, 0.05) is 19.6 Å². The highest BCUT2D eigenvalue weighted by molar-refractivity contribution is 6.00. The van der Waals surface area contributed by atoms with Gasteiger partial charge < -0.3 is 15.1 Å². The van der Waals surface area contributed by atoms with Crippen molar-refractivity contribution in [2.24, 2.45) is 0 Å². The SMILES string of the molecule is CCCC[C@@H]1NC(=O)C2(CCN(CCCCCCc3ccccc3)CC2)N(CCC)C1=O. The molecule has 2 fully saturated rings. The predicted octanol–water partition coefficient (Wildman–Crippen LogP) is 4.55. The van der Waals surface area contributed by atoms with E-state index in [1.54, 1.807) is 0 Å². The smallest absolute Gasteiger partial charge is 0.246 e. The van der Waals surface area contributed by atoms with E-state index < -0.39 is 5.54 Å². The van der Waals surface area contributed by atoms with Gasteiger partial charge in [-0.25, -0.2) is 0 Å². The molecule has 1 aromatic carbocycles. The zero-order valence-corrected chi connectivity index (χ0v) is 20.3. The molecule has 2 heterocycles. The number of rotatable bonds is 12. The van der Waals surface area contributed by atoms with E-state index in [4.69, 9.17) is 0 Å². The Balaban J connectivity index is 1.43. The monoisotopic (exact) mass is 441 g/mol. The maximum absolute atomic E-state index is 13.2. The molecule has 1 aromatic rings. The Bertz CT molecular complexity index is 713. The number of unbranched alkanes of at least 4 members (excludes halogenated alkanes) is 4. The van der Waals surface area contributed by atoms with Crippen LogP contribution in [-0.4, -0.2) is 59.4 Å². The van der Waals surface area contributed by atoms with Crippen molar-refractivity contribution in [1.82, 2.24) is 15.1 Å². The molecule has 2 aliphatic rings. The molecule has 1 atom stereocenters. The zero-order chi connectivity index (χ0) is 22.8. The van der Waals surface area contributed by atoms with Crippen molar-refractivity contribution in [3.05, 3.63) is 35.9 Å². The van der Waals surface area contributed by atoms with Crippen LogP contribution in [0.3, 0.4) is 0 Å². The van der Waals surface area contributed by atoms with E-state index in [1.807, 2.05) is 4.90 Å². The standard InChI is InChI=1S/C27H43N3O2/c1-3-5-16-24-25(31)30(19-4-2)27(26(32)28-24)17-21-29(22-18-27)20-12-7-6-9-13-23-14-10-8-11-15-23/h8,10-11,14-15,24H,3-7,9,12-13,16-22H2,1-2H3,(H,28,32)/t24-/m0/s1. The van der Waals surface area contributed by atoms with E-state index in [1.165, 1.54) is 37.7 Å². The van der Waals surface area contributed by atoms with Crippen LogP contribution in [0, 0.1) is 0 Å². The Morgan fingerprint density at radius 2 is 1.62 bits per heavy atom. The number of nitrogens with one attached hydrogen (secondary N) is 1. The van der Waals surface area contributed by atoms with E-state index >= 15 is 0 Å². The number of carbonyl (C=O) groups excluding carboxylic acids is 2. The summed E-state index contributed by atoms with van der Waals surface area (Å²) in [5.41, 5.74) is 0.810. The summed E-state index contributed by atoms with van der Waals surface area (Å²) < 4.78 is 0. The minimum atomic E-state index is -0.623. The molecule has 2 aliphatic heterocycles. The summed E-state index contributed by atoms with van der Waals surface area (Å²) in [6.45, 7) is 7.83. The normalized spacial score (nSPS) is 21.2. The van der Waals surface area contributed by atoms with Gasteiger partial charge >= 0.3 is 0 Å². The highest BCUT2D eigenvalue weighted by Crippen LogP contribution is 2.34. The molecule has 178 valence electrons. The molecule has 0 unspecified atom stereocenters. The fraction of sp³-hybridized carbons (Fsp3) is 0.704. The van der Waals surface area contributed by atoms with Crippen molar-refractivity contribution in [2.75, 3.05) is 26.2 Å². The maximum atomic E-state index is 13.2. The molecule has 0 radical (unpaired) electrons. The molecule has 2 amide bonds. The minimum absolute atomic E-state index is 0.0900. The van der Waals surface area contributed by atoms with Gasteiger partial charge in [-0.05, 0) is 57.1 Å². The molecule has 2 saturated heterocycles. The number of hydrogen-bond acceptors (Lipinski definition) is 3. The molecule has 32 heavy (non-hydrogen) atoms. The van der Waals surface area contributed by atoms with Gasteiger partial charge in [0.2, 0.25) is 11.8 Å². The van der Waals surface area contributed by atoms with Gasteiger partial charge in [0.15, 0.2) is 0 Å². The first kappa shape index (κ1) is 24.8. The molecule has 1 spiro atoms. The Labute approximate surface area is 194 Å². The molecule has 0 aromatic heterocycles. The van der Waals surface area contributed by atoms with Gasteiger partial charge in [-0.1, -0.05) is 69.9 Å². The predicted molar refractivity (Wildman–Crippen MR) is 130 cm³/mol. The third-order valence-corrected chi connectivity index (χ3v) is 7.32. The van der Waals surface area contributed by atoms with Crippen LogP contribution in [0.2, 0.25) is 0 Å². The van der Waals surface area contributed by atoms with E-state index in [0.29, 0.717) is 6.54 Å². The number of nitrogens with zero attached hydrogens (tertiary/aromatic N) is 2. The van der Waals surface area contributed by atoms with Crippen LogP contribution in [-0.2, 0) is 16.0 Å². The fourth-order valence-corrected chi connectivity index (χ4v) is 5.33. The topological polar surface area (TPSA) is 52.7 Å². The Hall–Kier alpha value is -1.88. The average Bonchev–Trinajstić information content (AvgIpc) is 2.82. The fourth-order valence-electron chi connectivity index (χ4n) is 5.33. The first-order chi connectivity index (χ1) is 15.6. The lowest BCUT2D eigenvalue weighted by atomic mass is 9.81. The summed E-state index contributed by atoms with van der Waals surface area (Å²) in [5, 5.41) is 3.10. The van der Waals surface area contributed by atoms with Crippen molar-refractivity contribution < 1.29 is 9.59 Å². The van der Waals surface area contributed by atoms with Crippen LogP contribution in [0.15, 0.2) is 30.3 Å². The lowest BCUT2D eigenvalue weighted by molar-refractivity contribution is -0.161. The summed E-state index contributed by atoms with van der Waals surface area (Å²) >= 11 is 0. The Kier molecular flexibility index (Phi) is 9.58. The summed E-state index contributed by atoms with van der Waals surface area (Å²) in [7, 11) is 0. The number of hydrogen-bond donors (Lipinski definition) is 1. The van der Waals surface area contributed by atoms with Crippen LogP contribution in [0.5, 0.6) is 0 Å². The lowest BCUT2D eigenvalue weighted by Crippen LogP contribution is -2.72. The number of likely N-dealkylation sites (tertiary alicyclic amines) is 1. The Morgan fingerprint density at radius 1 is 0.906 bits per heavy atom. The lowest BCUT2D eigenvalue weighted by Gasteiger charge is -2.51. The second-order valence-corrected chi connectivity index (χ2v) is 9.68. The molecular weight excluding hydrogens is 398 g/mol. The maximum Gasteiger partial charge on any atom is 0.246 e. The van der Waals surface area contributed by atoms with Crippen molar-refractivity contribution in [3.63, 3.8) is 0 Å². The summed E-state index contributed by atoms with van der Waals surface area (Å²) in [6.07, 6.45) is 11.4. The van der Waals surface area contributed by atoms with E-state index in [0.717, 1.165) is 58.2 Å². The largest absolute Gasteiger partial charge is 0.342 e. The summed E-state index contributed by atoms with van der Waals surface area (Å²) in [6, 6.07) is 10.4. The van der Waals surface area contributed by atoms with E-state index in [-0.39, 0.29) is 17.9 Å². The van der Waals surface area contributed by atoms with Gasteiger partial charge in [-0.2, -0.15) is 0 Å². The van der Waals surface area contributed by atoms with Gasteiger partial charge in [-0.15, -0.1) is 0 Å². The van der Waals surface area contributed by atoms with Gasteiger partial charge in [0.25, 0.3) is 0 Å². The third kappa shape index (κ3) is 6.12. The number of piperidine rings is 1. The molecule has 0 bridgehead atoms. The highest BCUT2D eigenvalue weighted by atomic mass is 16.2. The van der Waals surface area contributed by atoms with Crippen LogP contribution < -0.4 is 5.32 Å². The molecule has 5 heteroatoms. The van der Waals surface area contributed by atoms with Gasteiger partial charge in [0.05, 0.1) is 0 Å². The van der Waals surface area contributed by atoms with E-state index in [9.17, 15) is 9.59 Å². The number of carbonyl (C=O) groups is 2. The minimum Gasteiger partial charge on any atom is -0.342 e. The third-order valence-electron chi connectivity index (χ3n) is 7.32. The Morgan fingerprint density at radius 3 is 2.31 bits per heavy atom. The van der Waals surface area contributed by atoms with Gasteiger partial charge in [-0.3, -0.25) is 9.59 Å². The number of benzene rings is 1. The number of aryl methyl sites for hydroxylation is 1. The quantitative estimate of drug-likeness (QED) is 0.484.